The average molecular weight is 220 g/mol. The number of benzene rings is 1. The molecule has 1 aromatic rings. The van der Waals surface area contributed by atoms with E-state index in [0.717, 1.165) is 25.7 Å². The Bertz CT molecular complexity index is 386. The van der Waals surface area contributed by atoms with Gasteiger partial charge in [0.1, 0.15) is 5.82 Å². The zero-order valence-electron chi connectivity index (χ0n) is 9.58. The Balaban J connectivity index is 2.12. The second-order valence-electron chi connectivity index (χ2n) is 4.63. The van der Waals surface area contributed by atoms with Gasteiger partial charge in [-0.25, -0.2) is 4.39 Å². The molecule has 0 N–H and O–H groups in total. The van der Waals surface area contributed by atoms with Crippen molar-refractivity contribution in [2.75, 3.05) is 0 Å². The van der Waals surface area contributed by atoms with Gasteiger partial charge in [-0.2, -0.15) is 0 Å². The minimum atomic E-state index is -0.382. The first kappa shape index (κ1) is 11.3. The number of hydrogen-bond donors (Lipinski definition) is 0. The Morgan fingerprint density at radius 1 is 1.38 bits per heavy atom. The second-order valence-corrected chi connectivity index (χ2v) is 4.63. The number of ketones is 1. The SMILES string of the molecule is CCC1CCC(C(=O)c2ccccc2F)C1. The van der Waals surface area contributed by atoms with Crippen molar-refractivity contribution in [1.82, 2.24) is 0 Å². The van der Waals surface area contributed by atoms with Crippen LogP contribution in [0.5, 0.6) is 0 Å². The Kier molecular flexibility index (Phi) is 3.37. The molecule has 0 saturated heterocycles. The van der Waals surface area contributed by atoms with Crippen LogP contribution in [0, 0.1) is 17.7 Å². The standard InChI is InChI=1S/C14H17FO/c1-2-10-7-8-11(9-10)14(16)12-5-3-4-6-13(12)15/h3-6,10-11H,2,7-9H2,1H3. The van der Waals surface area contributed by atoms with Gasteiger partial charge in [-0.1, -0.05) is 25.5 Å². The summed E-state index contributed by atoms with van der Waals surface area (Å²) in [7, 11) is 0. The number of carbonyl (C=O) groups is 1. The van der Waals surface area contributed by atoms with Crippen molar-refractivity contribution in [3.63, 3.8) is 0 Å². The van der Waals surface area contributed by atoms with Crippen LogP contribution < -0.4 is 0 Å². The van der Waals surface area contributed by atoms with Gasteiger partial charge in [0.2, 0.25) is 0 Å². The molecule has 0 radical (unpaired) electrons. The first-order chi connectivity index (χ1) is 7.72. The summed E-state index contributed by atoms with van der Waals surface area (Å²) in [5.41, 5.74) is 0.268. The van der Waals surface area contributed by atoms with E-state index in [1.807, 2.05) is 0 Å². The molecule has 2 atom stereocenters. The van der Waals surface area contributed by atoms with Crippen LogP contribution in [0.25, 0.3) is 0 Å². The molecule has 0 bridgehead atoms. The molecule has 1 aliphatic carbocycles. The largest absolute Gasteiger partial charge is 0.294 e. The third-order valence-corrected chi connectivity index (χ3v) is 3.63. The minimum absolute atomic E-state index is 0.00551. The number of carbonyl (C=O) groups excluding carboxylic acids is 1. The molecular formula is C14H17FO. The van der Waals surface area contributed by atoms with E-state index in [0.29, 0.717) is 5.92 Å². The van der Waals surface area contributed by atoms with E-state index in [1.165, 1.54) is 6.07 Å². The van der Waals surface area contributed by atoms with E-state index < -0.39 is 0 Å². The van der Waals surface area contributed by atoms with E-state index in [2.05, 4.69) is 6.92 Å². The molecule has 1 aromatic carbocycles. The van der Waals surface area contributed by atoms with E-state index >= 15 is 0 Å². The maximum atomic E-state index is 13.5. The van der Waals surface area contributed by atoms with Gasteiger partial charge in [0.15, 0.2) is 5.78 Å². The molecule has 0 heterocycles. The maximum absolute atomic E-state index is 13.5. The number of rotatable bonds is 3. The van der Waals surface area contributed by atoms with Gasteiger partial charge >= 0.3 is 0 Å². The second kappa shape index (κ2) is 4.77. The minimum Gasteiger partial charge on any atom is -0.294 e. The van der Waals surface area contributed by atoms with E-state index in [-0.39, 0.29) is 23.1 Å². The Morgan fingerprint density at radius 3 is 2.75 bits per heavy atom. The summed E-state index contributed by atoms with van der Waals surface area (Å²) in [6.45, 7) is 2.15. The molecule has 1 nitrogen and oxygen atoms in total. The van der Waals surface area contributed by atoms with Crippen molar-refractivity contribution in [2.45, 2.75) is 32.6 Å². The predicted octanol–water partition coefficient (Wildman–Crippen LogP) is 3.83. The van der Waals surface area contributed by atoms with Gasteiger partial charge in [-0.3, -0.25) is 4.79 Å². The molecule has 2 heteroatoms. The summed E-state index contributed by atoms with van der Waals surface area (Å²) in [5, 5.41) is 0. The van der Waals surface area contributed by atoms with Gasteiger partial charge in [0.05, 0.1) is 5.56 Å². The quantitative estimate of drug-likeness (QED) is 0.707. The third-order valence-electron chi connectivity index (χ3n) is 3.63. The summed E-state index contributed by atoms with van der Waals surface area (Å²) in [5.74, 6) is 0.309. The molecule has 1 aliphatic rings. The number of Topliss-reactive ketones (excluding diaryl/α,β-unsaturated/α-hetero) is 1. The van der Waals surface area contributed by atoms with Crippen molar-refractivity contribution < 1.29 is 9.18 Å². The fourth-order valence-electron chi connectivity index (χ4n) is 2.56. The Morgan fingerprint density at radius 2 is 2.12 bits per heavy atom. The van der Waals surface area contributed by atoms with Crippen molar-refractivity contribution in [3.8, 4) is 0 Å². The first-order valence-electron chi connectivity index (χ1n) is 6.01. The van der Waals surface area contributed by atoms with Crippen LogP contribution in [-0.2, 0) is 0 Å². The molecule has 86 valence electrons. The average Bonchev–Trinajstić information content (AvgIpc) is 2.77. The highest BCUT2D eigenvalue weighted by atomic mass is 19.1. The van der Waals surface area contributed by atoms with Crippen molar-refractivity contribution in [2.24, 2.45) is 11.8 Å². The summed E-state index contributed by atoms with van der Waals surface area (Å²) in [6, 6.07) is 6.30. The predicted molar refractivity (Wildman–Crippen MR) is 61.9 cm³/mol. The highest BCUT2D eigenvalue weighted by Gasteiger charge is 2.30. The van der Waals surface area contributed by atoms with Gasteiger partial charge in [0.25, 0.3) is 0 Å². The zero-order valence-corrected chi connectivity index (χ0v) is 9.58. The van der Waals surface area contributed by atoms with Crippen molar-refractivity contribution in [3.05, 3.63) is 35.6 Å². The zero-order chi connectivity index (χ0) is 11.5. The van der Waals surface area contributed by atoms with Gasteiger partial charge in [0, 0.05) is 5.92 Å². The molecule has 2 rings (SSSR count). The van der Waals surface area contributed by atoms with Crippen LogP contribution in [0.1, 0.15) is 43.0 Å². The molecule has 0 aliphatic heterocycles. The molecule has 1 saturated carbocycles. The van der Waals surface area contributed by atoms with Gasteiger partial charge in [-0.05, 0) is 37.3 Å². The van der Waals surface area contributed by atoms with E-state index in [9.17, 15) is 9.18 Å². The monoisotopic (exact) mass is 220 g/mol. The summed E-state index contributed by atoms with van der Waals surface area (Å²) in [6.07, 6.45) is 4.09. The van der Waals surface area contributed by atoms with Crippen LogP contribution in [-0.4, -0.2) is 5.78 Å². The molecule has 0 amide bonds. The molecule has 2 unspecified atom stereocenters. The lowest BCUT2D eigenvalue weighted by Crippen LogP contribution is -2.13. The third kappa shape index (κ3) is 2.16. The molecular weight excluding hydrogens is 203 g/mol. The maximum Gasteiger partial charge on any atom is 0.168 e. The first-order valence-corrected chi connectivity index (χ1v) is 6.01. The summed E-state index contributed by atoms with van der Waals surface area (Å²) < 4.78 is 13.5. The van der Waals surface area contributed by atoms with Crippen molar-refractivity contribution >= 4 is 5.78 Å². The van der Waals surface area contributed by atoms with E-state index in [1.54, 1.807) is 18.2 Å². The van der Waals surface area contributed by atoms with Crippen LogP contribution in [0.3, 0.4) is 0 Å². The number of halogens is 1. The highest BCUT2D eigenvalue weighted by Crippen LogP contribution is 2.35. The Hall–Kier alpha value is -1.18. The fourth-order valence-corrected chi connectivity index (χ4v) is 2.56. The molecule has 1 fully saturated rings. The van der Waals surface area contributed by atoms with Crippen molar-refractivity contribution in [1.29, 1.82) is 0 Å². The van der Waals surface area contributed by atoms with Crippen LogP contribution >= 0.6 is 0 Å². The highest BCUT2D eigenvalue weighted by molar-refractivity contribution is 5.98. The lowest BCUT2D eigenvalue weighted by Gasteiger charge is -2.09. The molecule has 16 heavy (non-hydrogen) atoms. The van der Waals surface area contributed by atoms with Crippen LogP contribution in [0.4, 0.5) is 4.39 Å². The topological polar surface area (TPSA) is 17.1 Å². The normalized spacial score (nSPS) is 24.6. The lowest BCUT2D eigenvalue weighted by atomic mass is 9.94. The van der Waals surface area contributed by atoms with Gasteiger partial charge in [-0.15, -0.1) is 0 Å². The molecule has 0 aromatic heterocycles. The van der Waals surface area contributed by atoms with Gasteiger partial charge < -0.3 is 0 Å². The molecule has 0 spiro atoms. The van der Waals surface area contributed by atoms with Crippen LogP contribution in [0.15, 0.2) is 24.3 Å². The van der Waals surface area contributed by atoms with Crippen LogP contribution in [0.2, 0.25) is 0 Å². The fraction of sp³-hybridized carbons (Fsp3) is 0.500. The number of hydrogen-bond acceptors (Lipinski definition) is 1. The van der Waals surface area contributed by atoms with E-state index in [4.69, 9.17) is 0 Å². The smallest absolute Gasteiger partial charge is 0.168 e. The summed E-state index contributed by atoms with van der Waals surface area (Å²) in [4.78, 5) is 12.1. The summed E-state index contributed by atoms with van der Waals surface area (Å²) >= 11 is 0. The lowest BCUT2D eigenvalue weighted by molar-refractivity contribution is 0.0916. The Labute approximate surface area is 95.7 Å².